The Morgan fingerprint density at radius 1 is 0.778 bits per heavy atom. The lowest BCUT2D eigenvalue weighted by atomic mass is 10.3. The van der Waals surface area contributed by atoms with Gasteiger partial charge in [-0.25, -0.2) is 10.0 Å². The van der Waals surface area contributed by atoms with Crippen LogP contribution in [0.2, 0.25) is 0 Å². The Morgan fingerprint density at radius 3 is 1.50 bits per heavy atom. The Bertz CT molecular complexity index is 219. The molecule has 0 radical (unpaired) electrons. The van der Waals surface area contributed by atoms with Crippen LogP contribution in [0.25, 0.3) is 0 Å². The molecule has 1 aliphatic rings. The van der Waals surface area contributed by atoms with Gasteiger partial charge in [-0.05, 0) is 27.2 Å². The van der Waals surface area contributed by atoms with Crippen molar-refractivity contribution >= 4 is 0 Å². The maximum Gasteiger partial charge on any atom is 0.0667 e. The first-order valence-corrected chi connectivity index (χ1v) is 6.71. The van der Waals surface area contributed by atoms with Gasteiger partial charge in [0.2, 0.25) is 0 Å². The van der Waals surface area contributed by atoms with Gasteiger partial charge in [-0.15, -0.1) is 0 Å². The molecule has 108 valence electrons. The molecule has 6 nitrogen and oxygen atoms in total. The topological polar surface area (TPSA) is 70.4 Å². The molecule has 1 rings (SSSR count). The predicted molar refractivity (Wildman–Crippen MR) is 69.5 cm³/mol. The van der Waals surface area contributed by atoms with E-state index in [0.717, 1.165) is 19.5 Å². The molecule has 0 aliphatic carbocycles. The third kappa shape index (κ3) is 5.17. The van der Waals surface area contributed by atoms with Crippen LogP contribution in [0.5, 0.6) is 0 Å². The smallest absolute Gasteiger partial charge is 0.0667 e. The molecule has 0 aromatic carbocycles. The average Bonchev–Trinajstić information content (AvgIpc) is 2.20. The van der Waals surface area contributed by atoms with E-state index in [4.69, 9.17) is 0 Å². The summed E-state index contributed by atoms with van der Waals surface area (Å²) in [6.45, 7) is 8.57. The van der Waals surface area contributed by atoms with Crippen LogP contribution in [0.4, 0.5) is 0 Å². The van der Waals surface area contributed by atoms with E-state index in [1.54, 1.807) is 20.8 Å². The third-order valence-electron chi connectivity index (χ3n) is 2.86. The number of aliphatic hydroxyl groups excluding tert-OH is 3. The highest BCUT2D eigenvalue weighted by atomic mass is 16.3. The van der Waals surface area contributed by atoms with Crippen LogP contribution >= 0.6 is 0 Å². The van der Waals surface area contributed by atoms with Crippen LogP contribution in [0, 0.1) is 0 Å². The molecular formula is C12H27N3O3. The van der Waals surface area contributed by atoms with E-state index in [0.29, 0.717) is 19.6 Å². The minimum atomic E-state index is -0.448. The molecule has 1 fully saturated rings. The fourth-order valence-corrected chi connectivity index (χ4v) is 2.29. The van der Waals surface area contributed by atoms with Gasteiger partial charge in [-0.1, -0.05) is 0 Å². The van der Waals surface area contributed by atoms with Gasteiger partial charge in [0.25, 0.3) is 0 Å². The van der Waals surface area contributed by atoms with Crippen LogP contribution in [-0.2, 0) is 0 Å². The third-order valence-corrected chi connectivity index (χ3v) is 2.86. The molecule has 6 heteroatoms. The molecule has 1 heterocycles. The molecule has 3 atom stereocenters. The number of hydrazine groups is 2. The first-order chi connectivity index (χ1) is 8.40. The number of aliphatic hydroxyl groups is 3. The Labute approximate surface area is 109 Å². The van der Waals surface area contributed by atoms with Gasteiger partial charge in [0, 0.05) is 26.2 Å². The molecule has 3 unspecified atom stereocenters. The van der Waals surface area contributed by atoms with E-state index in [9.17, 15) is 15.3 Å². The maximum atomic E-state index is 9.59. The van der Waals surface area contributed by atoms with Crippen molar-refractivity contribution in [2.75, 3.05) is 32.7 Å². The Balaban J connectivity index is 2.69. The molecule has 0 aromatic heterocycles. The van der Waals surface area contributed by atoms with Crippen molar-refractivity contribution < 1.29 is 15.3 Å². The zero-order chi connectivity index (χ0) is 13.7. The van der Waals surface area contributed by atoms with Gasteiger partial charge in [0.05, 0.1) is 24.9 Å². The molecule has 18 heavy (non-hydrogen) atoms. The SMILES string of the molecule is CC(O)CN1CCCN(CC(C)O)N1CC(C)O. The number of rotatable bonds is 6. The highest BCUT2D eigenvalue weighted by Crippen LogP contribution is 2.14. The highest BCUT2D eigenvalue weighted by molar-refractivity contribution is 4.71. The predicted octanol–water partition coefficient (Wildman–Crippen LogP) is -0.731. The van der Waals surface area contributed by atoms with Crippen molar-refractivity contribution in [2.24, 2.45) is 0 Å². The van der Waals surface area contributed by atoms with E-state index in [2.05, 4.69) is 0 Å². The summed E-state index contributed by atoms with van der Waals surface area (Å²) in [5, 5.41) is 34.7. The fourth-order valence-electron chi connectivity index (χ4n) is 2.29. The lowest BCUT2D eigenvalue weighted by Gasteiger charge is -2.47. The Hall–Kier alpha value is -0.240. The molecule has 0 spiro atoms. The van der Waals surface area contributed by atoms with Crippen molar-refractivity contribution in [3.63, 3.8) is 0 Å². The van der Waals surface area contributed by atoms with Crippen LogP contribution in [-0.4, -0.2) is 81.5 Å². The van der Waals surface area contributed by atoms with Crippen LogP contribution in [0.1, 0.15) is 27.2 Å². The van der Waals surface area contributed by atoms with Crippen molar-refractivity contribution in [3.8, 4) is 0 Å². The van der Waals surface area contributed by atoms with Gasteiger partial charge < -0.3 is 15.3 Å². The van der Waals surface area contributed by atoms with Gasteiger partial charge >= 0.3 is 0 Å². The van der Waals surface area contributed by atoms with E-state index in [-0.39, 0.29) is 0 Å². The summed E-state index contributed by atoms with van der Waals surface area (Å²) in [5.74, 6) is 0. The minimum Gasteiger partial charge on any atom is -0.392 e. The summed E-state index contributed by atoms with van der Waals surface area (Å²) >= 11 is 0. The van der Waals surface area contributed by atoms with E-state index < -0.39 is 18.3 Å². The molecule has 1 saturated heterocycles. The second-order valence-corrected chi connectivity index (χ2v) is 5.28. The lowest BCUT2D eigenvalue weighted by molar-refractivity contribution is -0.233. The first kappa shape index (κ1) is 15.8. The maximum absolute atomic E-state index is 9.59. The van der Waals surface area contributed by atoms with Crippen LogP contribution in [0.3, 0.4) is 0 Å². The quantitative estimate of drug-likeness (QED) is 0.585. The number of β-amino-alcohol motifs (C(OH)–C–C–N with tert-alkyl or cyclic N) is 3. The van der Waals surface area contributed by atoms with Gasteiger partial charge in [-0.2, -0.15) is 5.12 Å². The largest absolute Gasteiger partial charge is 0.392 e. The van der Waals surface area contributed by atoms with Crippen LogP contribution in [0.15, 0.2) is 0 Å². The number of hydrogen-bond acceptors (Lipinski definition) is 6. The van der Waals surface area contributed by atoms with Gasteiger partial charge in [0.15, 0.2) is 0 Å². The summed E-state index contributed by atoms with van der Waals surface area (Å²) in [7, 11) is 0. The zero-order valence-corrected chi connectivity index (χ0v) is 11.7. The normalized spacial score (nSPS) is 25.0. The molecule has 0 aromatic rings. The molecule has 0 bridgehead atoms. The summed E-state index contributed by atoms with van der Waals surface area (Å²) in [6, 6.07) is 0. The van der Waals surface area contributed by atoms with E-state index in [1.165, 1.54) is 0 Å². The van der Waals surface area contributed by atoms with Crippen molar-refractivity contribution in [1.29, 1.82) is 0 Å². The van der Waals surface area contributed by atoms with E-state index in [1.807, 2.05) is 15.1 Å². The van der Waals surface area contributed by atoms with Crippen molar-refractivity contribution in [3.05, 3.63) is 0 Å². The average molecular weight is 261 g/mol. The summed E-state index contributed by atoms with van der Waals surface area (Å²) in [5.41, 5.74) is 0. The molecular weight excluding hydrogens is 234 g/mol. The second-order valence-electron chi connectivity index (χ2n) is 5.28. The summed E-state index contributed by atoms with van der Waals surface area (Å²) < 4.78 is 0. The van der Waals surface area contributed by atoms with Crippen molar-refractivity contribution in [1.82, 2.24) is 15.1 Å². The minimum absolute atomic E-state index is 0.409. The molecule has 1 aliphatic heterocycles. The zero-order valence-electron chi connectivity index (χ0n) is 11.7. The fraction of sp³-hybridized carbons (Fsp3) is 1.00. The van der Waals surface area contributed by atoms with Gasteiger partial charge in [-0.3, -0.25) is 0 Å². The van der Waals surface area contributed by atoms with Gasteiger partial charge in [0.1, 0.15) is 0 Å². The van der Waals surface area contributed by atoms with Crippen LogP contribution < -0.4 is 0 Å². The molecule has 0 saturated carbocycles. The first-order valence-electron chi connectivity index (χ1n) is 6.71. The summed E-state index contributed by atoms with van der Waals surface area (Å²) in [6.07, 6.45) is -0.271. The molecule has 0 amide bonds. The molecule has 3 N–H and O–H groups in total. The monoisotopic (exact) mass is 261 g/mol. The highest BCUT2D eigenvalue weighted by Gasteiger charge is 2.29. The Kier molecular flexibility index (Phi) is 6.48. The number of hydrogen-bond donors (Lipinski definition) is 3. The summed E-state index contributed by atoms with van der Waals surface area (Å²) in [4.78, 5) is 0. The second kappa shape index (κ2) is 7.37. The van der Waals surface area contributed by atoms with Crippen molar-refractivity contribution in [2.45, 2.75) is 45.5 Å². The lowest BCUT2D eigenvalue weighted by Crippen LogP contribution is -2.62. The Morgan fingerprint density at radius 2 is 1.17 bits per heavy atom. The standard InChI is InChI=1S/C12H27N3O3/c1-10(16)7-13-5-4-6-14(8-11(2)17)15(13)9-12(3)18/h10-12,16-18H,4-9H2,1-3H3. The number of nitrogens with zero attached hydrogens (tertiary/aromatic N) is 3. The van der Waals surface area contributed by atoms with E-state index >= 15 is 0 Å².